The molecule has 1 atom stereocenters. The first kappa shape index (κ1) is 19.6. The summed E-state index contributed by atoms with van der Waals surface area (Å²) in [4.78, 5) is 25.1. The molecule has 0 radical (unpaired) electrons. The van der Waals surface area contributed by atoms with Crippen LogP contribution in [0.4, 0.5) is 0 Å². The lowest BCUT2D eigenvalue weighted by atomic mass is 9.75. The molecule has 138 valence electrons. The number of nitrogens with one attached hydrogen (secondary N) is 1. The Bertz CT molecular complexity index is 611. The maximum Gasteiger partial charge on any atom is 0.331 e. The summed E-state index contributed by atoms with van der Waals surface area (Å²) in [6.45, 7) is 2.14. The predicted molar refractivity (Wildman–Crippen MR) is 96.7 cm³/mol. The third kappa shape index (κ3) is 4.27. The first-order valence-corrected chi connectivity index (χ1v) is 9.08. The van der Waals surface area contributed by atoms with E-state index in [4.69, 9.17) is 21.1 Å². The number of benzene rings is 1. The Hall–Kier alpha value is -1.75. The van der Waals surface area contributed by atoms with Gasteiger partial charge in [0.15, 0.2) is 0 Å². The minimum atomic E-state index is -0.993. The summed E-state index contributed by atoms with van der Waals surface area (Å²) in [6.07, 6.45) is 3.98. The van der Waals surface area contributed by atoms with Crippen molar-refractivity contribution in [1.29, 1.82) is 0 Å². The number of hydrogen-bond donors (Lipinski definition) is 1. The summed E-state index contributed by atoms with van der Waals surface area (Å²) in [7, 11) is 2.88. The number of carbonyl (C=O) groups is 2. The van der Waals surface area contributed by atoms with E-state index in [2.05, 4.69) is 12.2 Å². The summed E-state index contributed by atoms with van der Waals surface area (Å²) in [6, 6.07) is 7.10. The Labute approximate surface area is 154 Å². The van der Waals surface area contributed by atoms with E-state index in [0.717, 1.165) is 19.3 Å². The lowest BCUT2D eigenvalue weighted by molar-refractivity contribution is -0.153. The normalized spacial score (nSPS) is 24.2. The Balaban J connectivity index is 2.18. The number of para-hydroxylation sites is 1. The molecule has 25 heavy (non-hydrogen) atoms. The molecule has 0 heterocycles. The summed E-state index contributed by atoms with van der Waals surface area (Å²) in [5.41, 5.74) is -0.418. The van der Waals surface area contributed by atoms with Gasteiger partial charge in [0.2, 0.25) is 5.91 Å². The van der Waals surface area contributed by atoms with E-state index >= 15 is 0 Å². The molecular weight excluding hydrogens is 342 g/mol. The smallest absolute Gasteiger partial charge is 0.331 e. The second-order valence-corrected chi connectivity index (χ2v) is 6.96. The molecule has 1 aliphatic rings. The van der Waals surface area contributed by atoms with Gasteiger partial charge >= 0.3 is 5.97 Å². The lowest BCUT2D eigenvalue weighted by Gasteiger charge is -2.38. The second-order valence-electron chi connectivity index (χ2n) is 6.52. The second kappa shape index (κ2) is 8.56. The van der Waals surface area contributed by atoms with Crippen LogP contribution in [0.1, 0.15) is 50.0 Å². The highest BCUT2D eigenvalue weighted by atomic mass is 35.5. The van der Waals surface area contributed by atoms with Crippen LogP contribution in [-0.4, -0.2) is 31.6 Å². The van der Waals surface area contributed by atoms with Gasteiger partial charge in [-0.05, 0) is 37.7 Å². The summed E-state index contributed by atoms with van der Waals surface area (Å²) < 4.78 is 10.2. The number of amides is 1. The molecule has 1 unspecified atom stereocenters. The Kier molecular flexibility index (Phi) is 6.71. The SMILES string of the molecule is CCC1CCC(NC(=O)C(Cl)c2ccccc2OC)(C(=O)OC)CC1. The van der Waals surface area contributed by atoms with Crippen LogP contribution >= 0.6 is 11.6 Å². The molecule has 1 saturated carbocycles. The van der Waals surface area contributed by atoms with Gasteiger partial charge in [-0.1, -0.05) is 31.5 Å². The van der Waals surface area contributed by atoms with Crippen molar-refractivity contribution < 1.29 is 19.1 Å². The van der Waals surface area contributed by atoms with Gasteiger partial charge in [-0.2, -0.15) is 0 Å². The fourth-order valence-corrected chi connectivity index (χ4v) is 3.71. The molecular formula is C19H26ClNO4. The fraction of sp³-hybridized carbons (Fsp3) is 0.579. The third-order valence-electron chi connectivity index (χ3n) is 5.12. The van der Waals surface area contributed by atoms with Crippen molar-refractivity contribution in [1.82, 2.24) is 5.32 Å². The molecule has 0 bridgehead atoms. The van der Waals surface area contributed by atoms with Crippen molar-refractivity contribution in [2.45, 2.75) is 49.9 Å². The first-order chi connectivity index (χ1) is 12.0. The van der Waals surface area contributed by atoms with Crippen molar-refractivity contribution in [3.05, 3.63) is 29.8 Å². The largest absolute Gasteiger partial charge is 0.496 e. The highest BCUT2D eigenvalue weighted by molar-refractivity contribution is 6.31. The van der Waals surface area contributed by atoms with Crippen LogP contribution in [0.5, 0.6) is 5.75 Å². The summed E-state index contributed by atoms with van der Waals surface area (Å²) >= 11 is 6.38. The van der Waals surface area contributed by atoms with Gasteiger partial charge in [0.05, 0.1) is 14.2 Å². The average molecular weight is 368 g/mol. The molecule has 6 heteroatoms. The highest BCUT2D eigenvalue weighted by Gasteiger charge is 2.44. The Morgan fingerprint density at radius 1 is 1.28 bits per heavy atom. The van der Waals surface area contributed by atoms with Crippen LogP contribution in [0.2, 0.25) is 0 Å². The topological polar surface area (TPSA) is 64.6 Å². The molecule has 0 spiro atoms. The summed E-state index contributed by atoms with van der Waals surface area (Å²) in [5, 5.41) is 1.93. The molecule has 0 saturated heterocycles. The lowest BCUT2D eigenvalue weighted by Crippen LogP contribution is -2.57. The molecule has 2 rings (SSSR count). The van der Waals surface area contributed by atoms with E-state index in [1.165, 1.54) is 14.2 Å². The van der Waals surface area contributed by atoms with Crippen molar-refractivity contribution in [3.63, 3.8) is 0 Å². The molecule has 1 aromatic carbocycles. The molecule has 1 N–H and O–H groups in total. The number of ether oxygens (including phenoxy) is 2. The molecule has 0 aliphatic heterocycles. The predicted octanol–water partition coefficient (Wildman–Crippen LogP) is 3.60. The molecule has 1 fully saturated rings. The van der Waals surface area contributed by atoms with Gasteiger partial charge in [0.1, 0.15) is 16.7 Å². The zero-order valence-electron chi connectivity index (χ0n) is 15.0. The Morgan fingerprint density at radius 2 is 1.92 bits per heavy atom. The van der Waals surface area contributed by atoms with Gasteiger partial charge in [0.25, 0.3) is 0 Å². The molecule has 5 nitrogen and oxygen atoms in total. The Morgan fingerprint density at radius 3 is 2.48 bits per heavy atom. The monoisotopic (exact) mass is 367 g/mol. The minimum absolute atomic E-state index is 0.403. The zero-order valence-corrected chi connectivity index (χ0v) is 15.8. The first-order valence-electron chi connectivity index (χ1n) is 8.64. The van der Waals surface area contributed by atoms with E-state index in [1.54, 1.807) is 18.2 Å². The standard InChI is InChI=1S/C19H26ClNO4/c1-4-13-9-11-19(12-10-13,18(23)25-3)21-17(22)16(20)14-7-5-6-8-15(14)24-2/h5-8,13,16H,4,9-12H2,1-3H3,(H,21,22). The van der Waals surface area contributed by atoms with E-state index < -0.39 is 22.8 Å². The number of hydrogen-bond acceptors (Lipinski definition) is 4. The van der Waals surface area contributed by atoms with Crippen LogP contribution < -0.4 is 10.1 Å². The number of alkyl halides is 1. The number of carbonyl (C=O) groups excluding carboxylic acids is 2. The maximum absolute atomic E-state index is 12.8. The zero-order chi connectivity index (χ0) is 18.4. The van der Waals surface area contributed by atoms with Gasteiger partial charge in [-0.3, -0.25) is 4.79 Å². The van der Waals surface area contributed by atoms with Gasteiger partial charge in [0, 0.05) is 5.56 Å². The van der Waals surface area contributed by atoms with Crippen molar-refractivity contribution in [3.8, 4) is 5.75 Å². The minimum Gasteiger partial charge on any atom is -0.496 e. The van der Waals surface area contributed by atoms with E-state index in [-0.39, 0.29) is 0 Å². The van der Waals surface area contributed by atoms with E-state index in [9.17, 15) is 9.59 Å². The van der Waals surface area contributed by atoms with Crippen LogP contribution in [-0.2, 0) is 14.3 Å². The number of methoxy groups -OCH3 is 2. The van der Waals surface area contributed by atoms with Crippen LogP contribution in [0, 0.1) is 5.92 Å². The highest BCUT2D eigenvalue weighted by Crippen LogP contribution is 2.36. The number of rotatable bonds is 6. The van der Waals surface area contributed by atoms with Crippen LogP contribution in [0.25, 0.3) is 0 Å². The van der Waals surface area contributed by atoms with Gasteiger partial charge < -0.3 is 14.8 Å². The molecule has 0 aromatic heterocycles. The quantitative estimate of drug-likeness (QED) is 0.616. The van der Waals surface area contributed by atoms with Crippen molar-refractivity contribution >= 4 is 23.5 Å². The molecule has 1 amide bonds. The van der Waals surface area contributed by atoms with E-state index in [0.29, 0.717) is 30.1 Å². The van der Waals surface area contributed by atoms with Gasteiger partial charge in [-0.15, -0.1) is 11.6 Å². The van der Waals surface area contributed by atoms with Gasteiger partial charge in [-0.25, -0.2) is 4.79 Å². The average Bonchev–Trinajstić information content (AvgIpc) is 2.67. The van der Waals surface area contributed by atoms with Crippen molar-refractivity contribution in [2.75, 3.05) is 14.2 Å². The fourth-order valence-electron chi connectivity index (χ4n) is 3.47. The maximum atomic E-state index is 12.8. The van der Waals surface area contributed by atoms with Crippen LogP contribution in [0.3, 0.4) is 0 Å². The third-order valence-corrected chi connectivity index (χ3v) is 5.55. The molecule has 1 aromatic rings. The van der Waals surface area contributed by atoms with Crippen LogP contribution in [0.15, 0.2) is 24.3 Å². The van der Waals surface area contributed by atoms with E-state index in [1.807, 2.05) is 6.07 Å². The molecule has 1 aliphatic carbocycles. The van der Waals surface area contributed by atoms with Crippen molar-refractivity contribution in [2.24, 2.45) is 5.92 Å². The number of esters is 1. The number of halogens is 1. The summed E-state index contributed by atoms with van der Waals surface area (Å²) in [5.74, 6) is 0.306.